The monoisotopic (exact) mass is 664 g/mol. The molecule has 1 aliphatic heterocycles. The summed E-state index contributed by atoms with van der Waals surface area (Å²) in [5.41, 5.74) is 4.69. The fraction of sp³-hybridized carbons (Fsp3) is 0.500. The number of benzene rings is 2. The standard InChI is InChI=1S/C36H48N4O8/c1-43-25-29-21-27(35(41)33-31(29)5-3-7-37-33)23-39-9-13-45-17-19-47-15-11-40(12-16-48-20-18-46-14-10-39)24-28-22-30(26-44-2)32-6-4-8-38-34(32)36(28)42/h3-8,21-22,41-42H,9-20,23-26H2,1-2H3. The van der Waals surface area contributed by atoms with E-state index in [9.17, 15) is 10.2 Å². The second-order valence-electron chi connectivity index (χ2n) is 11.8. The summed E-state index contributed by atoms with van der Waals surface area (Å²) in [6.07, 6.45) is 3.38. The fourth-order valence-corrected chi connectivity index (χ4v) is 5.95. The van der Waals surface area contributed by atoms with Crippen LogP contribution in [0, 0.1) is 0 Å². The lowest BCUT2D eigenvalue weighted by molar-refractivity contribution is 0.00611. The quantitative estimate of drug-likeness (QED) is 0.284. The van der Waals surface area contributed by atoms with Gasteiger partial charge in [0, 0.05) is 87.8 Å². The van der Waals surface area contributed by atoms with Gasteiger partial charge in [0.2, 0.25) is 0 Å². The van der Waals surface area contributed by atoms with Crippen molar-refractivity contribution in [3.63, 3.8) is 0 Å². The molecule has 0 spiro atoms. The Bertz CT molecular complexity index is 1450. The maximum atomic E-state index is 11.1. The molecule has 0 unspecified atom stereocenters. The molecule has 1 fully saturated rings. The van der Waals surface area contributed by atoms with E-state index in [0.29, 0.717) is 116 Å². The van der Waals surface area contributed by atoms with Crippen LogP contribution in [-0.2, 0) is 54.7 Å². The topological polar surface area (TPSA) is 128 Å². The average Bonchev–Trinajstić information content (AvgIpc) is 3.10. The van der Waals surface area contributed by atoms with Crippen LogP contribution in [0.1, 0.15) is 22.3 Å². The van der Waals surface area contributed by atoms with E-state index in [1.54, 1.807) is 26.6 Å². The van der Waals surface area contributed by atoms with Crippen molar-refractivity contribution in [2.75, 3.05) is 93.3 Å². The van der Waals surface area contributed by atoms with Crippen molar-refractivity contribution in [1.82, 2.24) is 19.8 Å². The van der Waals surface area contributed by atoms with Gasteiger partial charge in [-0.25, -0.2) is 0 Å². The number of aromatic nitrogens is 2. The van der Waals surface area contributed by atoms with Crippen molar-refractivity contribution in [2.45, 2.75) is 26.3 Å². The Kier molecular flexibility index (Phi) is 14.1. The molecule has 0 aliphatic carbocycles. The Morgan fingerprint density at radius 2 is 0.958 bits per heavy atom. The van der Waals surface area contributed by atoms with Crippen molar-refractivity contribution in [2.24, 2.45) is 0 Å². The predicted octanol–water partition coefficient (Wildman–Crippen LogP) is 3.87. The zero-order chi connectivity index (χ0) is 33.6. The van der Waals surface area contributed by atoms with E-state index in [1.165, 1.54) is 0 Å². The van der Waals surface area contributed by atoms with Crippen LogP contribution in [0.25, 0.3) is 21.8 Å². The molecule has 5 rings (SSSR count). The second-order valence-corrected chi connectivity index (χ2v) is 11.8. The Hall–Kier alpha value is -3.46. The number of hydrogen-bond acceptors (Lipinski definition) is 12. The molecule has 0 saturated carbocycles. The molecule has 1 saturated heterocycles. The number of rotatable bonds is 8. The molecule has 260 valence electrons. The number of phenols is 2. The van der Waals surface area contributed by atoms with Crippen LogP contribution in [0.15, 0.2) is 48.8 Å². The van der Waals surface area contributed by atoms with Crippen LogP contribution in [0.3, 0.4) is 0 Å². The van der Waals surface area contributed by atoms with E-state index in [4.69, 9.17) is 28.4 Å². The summed E-state index contributed by atoms with van der Waals surface area (Å²) in [7, 11) is 3.33. The normalized spacial score (nSPS) is 17.4. The number of pyridine rings is 2. The zero-order valence-corrected chi connectivity index (χ0v) is 28.1. The second kappa shape index (κ2) is 18.9. The van der Waals surface area contributed by atoms with Crippen molar-refractivity contribution in [3.05, 3.63) is 71.0 Å². The maximum Gasteiger partial charge on any atom is 0.146 e. The molecule has 12 nitrogen and oxygen atoms in total. The van der Waals surface area contributed by atoms with Gasteiger partial charge in [0.25, 0.3) is 0 Å². The first kappa shape index (κ1) is 35.8. The lowest BCUT2D eigenvalue weighted by atomic mass is 10.0. The van der Waals surface area contributed by atoms with Gasteiger partial charge in [-0.15, -0.1) is 0 Å². The highest BCUT2D eigenvalue weighted by Crippen LogP contribution is 2.32. The van der Waals surface area contributed by atoms with E-state index in [0.717, 1.165) is 33.0 Å². The minimum atomic E-state index is 0.186. The third kappa shape index (κ3) is 9.80. The van der Waals surface area contributed by atoms with Gasteiger partial charge < -0.3 is 38.6 Å². The smallest absolute Gasteiger partial charge is 0.146 e. The molecule has 3 heterocycles. The van der Waals surface area contributed by atoms with Crippen LogP contribution >= 0.6 is 0 Å². The van der Waals surface area contributed by atoms with Gasteiger partial charge in [-0.05, 0) is 35.4 Å². The molecule has 1 aliphatic rings. The van der Waals surface area contributed by atoms with Gasteiger partial charge in [-0.1, -0.05) is 12.1 Å². The van der Waals surface area contributed by atoms with Gasteiger partial charge in [0.05, 0.1) is 66.1 Å². The highest BCUT2D eigenvalue weighted by molar-refractivity contribution is 5.89. The summed E-state index contributed by atoms with van der Waals surface area (Å²) >= 11 is 0. The number of phenolic OH excluding ortho intramolecular Hbond substituents is 2. The maximum absolute atomic E-state index is 11.1. The van der Waals surface area contributed by atoms with Gasteiger partial charge in [0.1, 0.15) is 22.5 Å². The summed E-state index contributed by atoms with van der Waals surface area (Å²) in [4.78, 5) is 13.3. The van der Waals surface area contributed by atoms with Crippen LogP contribution < -0.4 is 0 Å². The van der Waals surface area contributed by atoms with E-state index < -0.39 is 0 Å². The first-order valence-electron chi connectivity index (χ1n) is 16.5. The Balaban J connectivity index is 1.18. The number of ether oxygens (including phenoxy) is 6. The molecule has 0 radical (unpaired) electrons. The third-order valence-corrected chi connectivity index (χ3v) is 8.40. The van der Waals surface area contributed by atoms with E-state index in [2.05, 4.69) is 19.8 Å². The minimum Gasteiger partial charge on any atom is -0.505 e. The van der Waals surface area contributed by atoms with Crippen molar-refractivity contribution in [3.8, 4) is 11.5 Å². The van der Waals surface area contributed by atoms with E-state index in [1.807, 2.05) is 36.4 Å². The van der Waals surface area contributed by atoms with E-state index in [-0.39, 0.29) is 11.5 Å². The molecule has 2 aromatic heterocycles. The highest BCUT2D eigenvalue weighted by atomic mass is 16.5. The predicted molar refractivity (Wildman–Crippen MR) is 182 cm³/mol. The molecule has 2 N–H and O–H groups in total. The molecule has 0 atom stereocenters. The summed E-state index contributed by atoms with van der Waals surface area (Å²) in [6, 6.07) is 11.6. The minimum absolute atomic E-state index is 0.186. The Morgan fingerprint density at radius 1 is 0.583 bits per heavy atom. The molecule has 0 amide bonds. The highest BCUT2D eigenvalue weighted by Gasteiger charge is 2.18. The largest absolute Gasteiger partial charge is 0.505 e. The average molecular weight is 665 g/mol. The van der Waals surface area contributed by atoms with Gasteiger partial charge >= 0.3 is 0 Å². The number of fused-ring (bicyclic) bond motifs is 2. The molecule has 12 heteroatoms. The number of aromatic hydroxyl groups is 2. The molecule has 48 heavy (non-hydrogen) atoms. The first-order valence-corrected chi connectivity index (χ1v) is 16.5. The van der Waals surface area contributed by atoms with Crippen LogP contribution in [0.4, 0.5) is 0 Å². The van der Waals surface area contributed by atoms with Gasteiger partial charge in [0.15, 0.2) is 0 Å². The third-order valence-electron chi connectivity index (χ3n) is 8.40. The first-order chi connectivity index (χ1) is 23.6. The molecular weight excluding hydrogens is 616 g/mol. The summed E-state index contributed by atoms with van der Waals surface area (Å²) in [5, 5.41) is 24.0. The number of nitrogens with zero attached hydrogens (tertiary/aromatic N) is 4. The SMILES string of the molecule is COCc1cc(CN2CCOCCOCCN(Cc3cc(COC)c4cccnc4c3O)CCOCCOCC2)c(O)c2ncccc12. The number of methoxy groups -OCH3 is 2. The molecule has 4 aromatic rings. The van der Waals surface area contributed by atoms with Crippen molar-refractivity contribution < 1.29 is 38.6 Å². The van der Waals surface area contributed by atoms with Gasteiger partial charge in [-0.2, -0.15) is 0 Å². The summed E-state index contributed by atoms with van der Waals surface area (Å²) < 4.78 is 34.6. The number of hydrogen-bond donors (Lipinski definition) is 2. The van der Waals surface area contributed by atoms with Crippen molar-refractivity contribution in [1.29, 1.82) is 0 Å². The lowest BCUT2D eigenvalue weighted by Crippen LogP contribution is -2.33. The Morgan fingerprint density at radius 3 is 1.31 bits per heavy atom. The van der Waals surface area contributed by atoms with Crippen molar-refractivity contribution >= 4 is 21.8 Å². The van der Waals surface area contributed by atoms with Gasteiger partial charge in [-0.3, -0.25) is 19.8 Å². The zero-order valence-electron chi connectivity index (χ0n) is 28.1. The molecule has 2 aromatic carbocycles. The fourth-order valence-electron chi connectivity index (χ4n) is 5.95. The van der Waals surface area contributed by atoms with Crippen LogP contribution in [-0.4, -0.2) is 123 Å². The summed E-state index contributed by atoms with van der Waals surface area (Å²) in [5.74, 6) is 0.371. The van der Waals surface area contributed by atoms with Crippen LogP contribution in [0.2, 0.25) is 0 Å². The molecular formula is C36H48N4O8. The Labute approximate surface area is 282 Å². The molecule has 0 bridgehead atoms. The lowest BCUT2D eigenvalue weighted by Gasteiger charge is -2.25. The van der Waals surface area contributed by atoms with Crippen LogP contribution in [0.5, 0.6) is 11.5 Å². The summed E-state index contributed by atoms with van der Waals surface area (Å²) in [6.45, 7) is 8.41. The van der Waals surface area contributed by atoms with E-state index >= 15 is 0 Å².